The van der Waals surface area contributed by atoms with Gasteiger partial charge in [0.15, 0.2) is 0 Å². The van der Waals surface area contributed by atoms with Gasteiger partial charge < -0.3 is 10.2 Å². The summed E-state index contributed by atoms with van der Waals surface area (Å²) in [5, 5.41) is 3.40. The molecule has 1 N–H and O–H groups in total. The first-order valence-electron chi connectivity index (χ1n) is 11.1. The van der Waals surface area contributed by atoms with Gasteiger partial charge in [0.05, 0.1) is 5.69 Å². The van der Waals surface area contributed by atoms with Crippen LogP contribution in [-0.2, 0) is 0 Å². The molecule has 164 valence electrons. The number of anilines is 2. The van der Waals surface area contributed by atoms with Gasteiger partial charge in [-0.1, -0.05) is 24.3 Å². The van der Waals surface area contributed by atoms with Gasteiger partial charge in [0.25, 0.3) is 5.91 Å². The summed E-state index contributed by atoms with van der Waals surface area (Å²) >= 11 is 0. The van der Waals surface area contributed by atoms with E-state index in [9.17, 15) is 4.79 Å². The number of piperidine rings is 1. The highest BCUT2D eigenvalue weighted by Crippen LogP contribution is 2.29. The minimum atomic E-state index is -0.0479. The van der Waals surface area contributed by atoms with Crippen LogP contribution in [0.4, 0.5) is 11.5 Å². The number of aromatic nitrogens is 4. The second-order valence-electron chi connectivity index (χ2n) is 8.03. The molecular formula is C26H24N6O. The maximum Gasteiger partial charge on any atom is 0.272 e. The molecule has 0 saturated carbocycles. The van der Waals surface area contributed by atoms with Crippen LogP contribution in [0.2, 0.25) is 0 Å². The van der Waals surface area contributed by atoms with Crippen LogP contribution in [0.5, 0.6) is 0 Å². The van der Waals surface area contributed by atoms with Crippen molar-refractivity contribution in [1.82, 2.24) is 24.8 Å². The first kappa shape index (κ1) is 20.8. The van der Waals surface area contributed by atoms with Crippen molar-refractivity contribution in [3.05, 3.63) is 96.8 Å². The molecule has 1 atom stereocenters. The molecule has 1 aliphatic rings. The van der Waals surface area contributed by atoms with E-state index in [-0.39, 0.29) is 11.8 Å². The number of carbonyl (C=O) groups is 1. The third-order valence-corrected chi connectivity index (χ3v) is 5.72. The van der Waals surface area contributed by atoms with Gasteiger partial charge >= 0.3 is 0 Å². The van der Waals surface area contributed by atoms with Crippen LogP contribution >= 0.6 is 0 Å². The average molecular weight is 437 g/mol. The molecule has 0 radical (unpaired) electrons. The molecule has 7 heteroatoms. The number of hydrogen-bond acceptors (Lipinski definition) is 6. The van der Waals surface area contributed by atoms with Crippen LogP contribution < -0.4 is 5.32 Å². The second-order valence-corrected chi connectivity index (χ2v) is 8.03. The Bertz CT molecular complexity index is 1220. The van der Waals surface area contributed by atoms with Gasteiger partial charge in [-0.25, -0.2) is 9.97 Å². The summed E-state index contributed by atoms with van der Waals surface area (Å²) in [6.07, 6.45) is 6.99. The van der Waals surface area contributed by atoms with Crippen LogP contribution in [0, 0.1) is 0 Å². The van der Waals surface area contributed by atoms with Crippen molar-refractivity contribution in [2.45, 2.75) is 18.8 Å². The van der Waals surface area contributed by atoms with E-state index >= 15 is 0 Å². The fourth-order valence-corrected chi connectivity index (χ4v) is 4.08. The SMILES string of the molecule is O=C(c1ccccn1)N1CCCC(c2nc(Nc3ccccc3)cc(-c3ccncc3)n2)C1. The molecule has 1 aliphatic heterocycles. The van der Waals surface area contributed by atoms with Gasteiger partial charge in [-0.3, -0.25) is 14.8 Å². The molecule has 33 heavy (non-hydrogen) atoms. The molecule has 1 unspecified atom stereocenters. The van der Waals surface area contributed by atoms with Crippen LogP contribution in [-0.4, -0.2) is 43.8 Å². The highest BCUT2D eigenvalue weighted by atomic mass is 16.2. The summed E-state index contributed by atoms with van der Waals surface area (Å²) in [7, 11) is 0. The molecule has 1 fully saturated rings. The summed E-state index contributed by atoms with van der Waals surface area (Å²) < 4.78 is 0. The van der Waals surface area contributed by atoms with E-state index in [4.69, 9.17) is 9.97 Å². The number of benzene rings is 1. The number of nitrogens with zero attached hydrogens (tertiary/aromatic N) is 5. The Hall–Kier alpha value is -4.13. The van der Waals surface area contributed by atoms with Crippen molar-refractivity contribution in [1.29, 1.82) is 0 Å². The predicted octanol–water partition coefficient (Wildman–Crippen LogP) is 4.70. The van der Waals surface area contributed by atoms with Crippen molar-refractivity contribution in [2.24, 2.45) is 0 Å². The fourth-order valence-electron chi connectivity index (χ4n) is 4.08. The number of nitrogens with one attached hydrogen (secondary N) is 1. The number of amides is 1. The minimum absolute atomic E-state index is 0.0459. The molecular weight excluding hydrogens is 412 g/mol. The zero-order valence-electron chi connectivity index (χ0n) is 18.1. The third-order valence-electron chi connectivity index (χ3n) is 5.72. The summed E-state index contributed by atoms with van der Waals surface area (Å²) in [5.74, 6) is 1.46. The number of hydrogen-bond donors (Lipinski definition) is 1. The monoisotopic (exact) mass is 436 g/mol. The molecule has 1 amide bonds. The number of para-hydroxylation sites is 1. The molecule has 1 aromatic carbocycles. The largest absolute Gasteiger partial charge is 0.340 e. The average Bonchev–Trinajstić information content (AvgIpc) is 2.90. The molecule has 0 spiro atoms. The standard InChI is InChI=1S/C26H24N6O/c33-26(22-10-4-5-13-28-22)32-16-6-7-20(18-32)25-30-23(19-11-14-27-15-12-19)17-24(31-25)29-21-8-2-1-3-9-21/h1-5,8-15,17,20H,6-7,16,18H2,(H,29,30,31). The lowest BCUT2D eigenvalue weighted by atomic mass is 9.96. The normalized spacial score (nSPS) is 15.8. The van der Waals surface area contributed by atoms with E-state index in [1.54, 1.807) is 24.7 Å². The molecule has 1 saturated heterocycles. The Balaban J connectivity index is 1.46. The van der Waals surface area contributed by atoms with E-state index in [1.807, 2.05) is 65.6 Å². The summed E-state index contributed by atoms with van der Waals surface area (Å²) in [5.41, 5.74) is 3.23. The first-order chi connectivity index (χ1) is 16.3. The Kier molecular flexibility index (Phi) is 6.01. The summed E-state index contributed by atoms with van der Waals surface area (Å²) in [6, 6.07) is 21.2. The minimum Gasteiger partial charge on any atom is -0.340 e. The number of carbonyl (C=O) groups excluding carboxylic acids is 1. The summed E-state index contributed by atoms with van der Waals surface area (Å²) in [6.45, 7) is 1.28. The van der Waals surface area contributed by atoms with Gasteiger partial charge in [-0.2, -0.15) is 0 Å². The Morgan fingerprint density at radius 2 is 1.76 bits per heavy atom. The first-order valence-corrected chi connectivity index (χ1v) is 11.1. The molecule has 4 heterocycles. The smallest absolute Gasteiger partial charge is 0.272 e. The fraction of sp³-hybridized carbons (Fsp3) is 0.192. The van der Waals surface area contributed by atoms with Gasteiger partial charge in [-0.15, -0.1) is 0 Å². The van der Waals surface area contributed by atoms with Crippen molar-refractivity contribution in [3.8, 4) is 11.3 Å². The number of likely N-dealkylation sites (tertiary alicyclic amines) is 1. The van der Waals surface area contributed by atoms with Gasteiger partial charge in [-0.05, 0) is 49.2 Å². The Morgan fingerprint density at radius 1 is 0.939 bits per heavy atom. The molecule has 4 aromatic rings. The van der Waals surface area contributed by atoms with E-state index in [1.165, 1.54) is 0 Å². The third kappa shape index (κ3) is 4.87. The Labute approximate surface area is 192 Å². The molecule has 5 rings (SSSR count). The highest BCUT2D eigenvalue weighted by Gasteiger charge is 2.28. The van der Waals surface area contributed by atoms with Gasteiger partial charge in [0.1, 0.15) is 17.3 Å². The topological polar surface area (TPSA) is 83.9 Å². The van der Waals surface area contributed by atoms with Crippen LogP contribution in [0.1, 0.15) is 35.1 Å². The maximum absolute atomic E-state index is 13.0. The van der Waals surface area contributed by atoms with E-state index in [0.29, 0.717) is 18.8 Å². The number of rotatable bonds is 5. The van der Waals surface area contributed by atoms with Crippen molar-refractivity contribution < 1.29 is 4.79 Å². The van der Waals surface area contributed by atoms with Gasteiger partial charge in [0, 0.05) is 54.9 Å². The second kappa shape index (κ2) is 9.56. The lowest BCUT2D eigenvalue weighted by Crippen LogP contribution is -2.39. The lowest BCUT2D eigenvalue weighted by Gasteiger charge is -2.32. The molecule has 0 bridgehead atoms. The van der Waals surface area contributed by atoms with E-state index in [2.05, 4.69) is 15.3 Å². The van der Waals surface area contributed by atoms with E-state index < -0.39 is 0 Å². The zero-order valence-corrected chi connectivity index (χ0v) is 18.1. The van der Waals surface area contributed by atoms with Crippen molar-refractivity contribution >= 4 is 17.4 Å². The van der Waals surface area contributed by atoms with Crippen LogP contribution in [0.3, 0.4) is 0 Å². The number of pyridine rings is 2. The molecule has 3 aromatic heterocycles. The Morgan fingerprint density at radius 3 is 2.55 bits per heavy atom. The highest BCUT2D eigenvalue weighted by molar-refractivity contribution is 5.92. The zero-order chi connectivity index (χ0) is 22.5. The molecule has 0 aliphatic carbocycles. The van der Waals surface area contributed by atoms with Crippen LogP contribution in [0.15, 0.2) is 85.3 Å². The van der Waals surface area contributed by atoms with Gasteiger partial charge in [0.2, 0.25) is 0 Å². The van der Waals surface area contributed by atoms with E-state index in [0.717, 1.165) is 41.4 Å². The maximum atomic E-state index is 13.0. The predicted molar refractivity (Wildman–Crippen MR) is 127 cm³/mol. The quantitative estimate of drug-likeness (QED) is 0.488. The van der Waals surface area contributed by atoms with Crippen molar-refractivity contribution in [3.63, 3.8) is 0 Å². The lowest BCUT2D eigenvalue weighted by molar-refractivity contribution is 0.0698. The van der Waals surface area contributed by atoms with Crippen LogP contribution in [0.25, 0.3) is 11.3 Å². The van der Waals surface area contributed by atoms with Crippen molar-refractivity contribution in [2.75, 3.05) is 18.4 Å². The molecule has 7 nitrogen and oxygen atoms in total. The summed E-state index contributed by atoms with van der Waals surface area (Å²) in [4.78, 5) is 32.9.